The van der Waals surface area contributed by atoms with Gasteiger partial charge in [-0.25, -0.2) is 19.9 Å². The second-order valence-electron chi connectivity index (χ2n) is 9.16. The monoisotopic (exact) mass is 437 g/mol. The van der Waals surface area contributed by atoms with Crippen molar-refractivity contribution in [3.05, 3.63) is 65.5 Å². The maximum absolute atomic E-state index is 6.21. The number of aromatic nitrogens is 5. The number of nitrogens with zero attached hydrogens (tertiary/aromatic N) is 5. The van der Waals surface area contributed by atoms with E-state index in [9.17, 15) is 0 Å². The van der Waals surface area contributed by atoms with Gasteiger partial charge in [0.05, 0.1) is 5.69 Å². The maximum Gasteiger partial charge on any atom is 0.227 e. The first-order chi connectivity index (χ1) is 15.8. The van der Waals surface area contributed by atoms with Crippen LogP contribution in [0.2, 0.25) is 0 Å². The van der Waals surface area contributed by atoms with E-state index in [-0.39, 0.29) is 11.8 Å². The summed E-state index contributed by atoms with van der Waals surface area (Å²) in [5, 5.41) is 2.06. The quantitative estimate of drug-likeness (QED) is 0.309. The molecule has 5 aromatic rings. The zero-order valence-electron chi connectivity index (χ0n) is 19.8. The van der Waals surface area contributed by atoms with Crippen molar-refractivity contribution in [2.45, 2.75) is 53.4 Å². The number of fused-ring (bicyclic) bond motifs is 3. The third-order valence-corrected chi connectivity index (χ3v) is 5.84. The highest BCUT2D eigenvalue weighted by atomic mass is 16.3. The molecular weight excluding hydrogens is 410 g/mol. The zero-order chi connectivity index (χ0) is 23.3. The summed E-state index contributed by atoms with van der Waals surface area (Å²) in [4.78, 5) is 23.4. The van der Waals surface area contributed by atoms with Gasteiger partial charge in [0.15, 0.2) is 5.82 Å². The molecule has 0 saturated heterocycles. The van der Waals surface area contributed by atoms with E-state index in [4.69, 9.17) is 19.4 Å². The lowest BCUT2D eigenvalue weighted by Crippen LogP contribution is -2.08. The topological polar surface area (TPSA) is 77.6 Å². The minimum absolute atomic E-state index is 0.224. The molecule has 0 radical (unpaired) electrons. The van der Waals surface area contributed by atoms with Crippen LogP contribution in [0.3, 0.4) is 0 Å². The van der Waals surface area contributed by atoms with Gasteiger partial charge in [-0.1, -0.05) is 39.8 Å². The van der Waals surface area contributed by atoms with Crippen molar-refractivity contribution in [2.75, 3.05) is 0 Å². The fourth-order valence-corrected chi connectivity index (χ4v) is 3.96. The standard InChI is InChI=1S/C27H27N5O/c1-14(2)24-30-25(15(3)4)32-26(31-24)18-9-12-21(28-13-18)22-16(5)7-10-19-20-11-8-17(6)29-27(20)33-23(19)22/h7-15H,1-6H3. The summed E-state index contributed by atoms with van der Waals surface area (Å²) in [7, 11) is 0. The molecular formula is C27H27N5O. The number of hydrogen-bond donors (Lipinski definition) is 0. The molecule has 0 unspecified atom stereocenters. The van der Waals surface area contributed by atoms with Gasteiger partial charge in [-0.15, -0.1) is 0 Å². The summed E-state index contributed by atoms with van der Waals surface area (Å²) in [6.45, 7) is 12.4. The summed E-state index contributed by atoms with van der Waals surface area (Å²) in [6.07, 6.45) is 1.84. The van der Waals surface area contributed by atoms with Gasteiger partial charge < -0.3 is 4.42 Å². The highest BCUT2D eigenvalue weighted by Crippen LogP contribution is 2.37. The molecule has 4 heterocycles. The largest absolute Gasteiger partial charge is 0.437 e. The third-order valence-electron chi connectivity index (χ3n) is 5.84. The Labute approximate surface area is 193 Å². The number of hydrogen-bond acceptors (Lipinski definition) is 6. The van der Waals surface area contributed by atoms with Crippen molar-refractivity contribution in [3.8, 4) is 22.6 Å². The van der Waals surface area contributed by atoms with E-state index in [1.807, 2.05) is 31.3 Å². The molecule has 5 rings (SSSR count). The summed E-state index contributed by atoms with van der Waals surface area (Å²) < 4.78 is 6.21. The van der Waals surface area contributed by atoms with E-state index in [0.29, 0.717) is 11.5 Å². The van der Waals surface area contributed by atoms with Gasteiger partial charge in [-0.2, -0.15) is 0 Å². The molecule has 4 aromatic heterocycles. The number of furan rings is 1. The average Bonchev–Trinajstić information content (AvgIpc) is 3.16. The molecule has 0 aliphatic rings. The number of pyridine rings is 2. The number of aryl methyl sites for hydroxylation is 2. The number of benzene rings is 1. The van der Waals surface area contributed by atoms with Gasteiger partial charge in [-0.05, 0) is 43.7 Å². The molecule has 6 heteroatoms. The SMILES string of the molecule is Cc1ccc2c(n1)oc1c(-c3ccc(-c4nc(C(C)C)nc(C(C)C)n4)cn3)c(C)ccc12. The molecule has 0 atom stereocenters. The minimum Gasteiger partial charge on any atom is -0.437 e. The van der Waals surface area contributed by atoms with Crippen molar-refractivity contribution >= 4 is 22.1 Å². The molecule has 166 valence electrons. The summed E-state index contributed by atoms with van der Waals surface area (Å²) >= 11 is 0. The molecule has 1 aromatic carbocycles. The molecule has 0 bridgehead atoms. The Morgan fingerprint density at radius 2 is 1.42 bits per heavy atom. The molecule has 0 amide bonds. The average molecular weight is 438 g/mol. The van der Waals surface area contributed by atoms with E-state index in [0.717, 1.165) is 56.1 Å². The van der Waals surface area contributed by atoms with E-state index >= 15 is 0 Å². The van der Waals surface area contributed by atoms with E-state index < -0.39 is 0 Å². The lowest BCUT2D eigenvalue weighted by Gasteiger charge is -2.12. The highest BCUT2D eigenvalue weighted by Gasteiger charge is 2.18. The van der Waals surface area contributed by atoms with Crippen LogP contribution in [0.4, 0.5) is 0 Å². The Morgan fingerprint density at radius 3 is 2.06 bits per heavy atom. The van der Waals surface area contributed by atoms with Crippen LogP contribution >= 0.6 is 0 Å². The van der Waals surface area contributed by atoms with Crippen LogP contribution in [-0.2, 0) is 0 Å². The lowest BCUT2D eigenvalue weighted by molar-refractivity contribution is 0.653. The van der Waals surface area contributed by atoms with Gasteiger partial charge in [-0.3, -0.25) is 4.98 Å². The van der Waals surface area contributed by atoms with Gasteiger partial charge in [0.25, 0.3) is 0 Å². The van der Waals surface area contributed by atoms with Crippen LogP contribution in [0.1, 0.15) is 62.4 Å². The fraction of sp³-hybridized carbons (Fsp3) is 0.296. The molecule has 0 aliphatic heterocycles. The van der Waals surface area contributed by atoms with Crippen LogP contribution in [-0.4, -0.2) is 24.9 Å². The molecule has 33 heavy (non-hydrogen) atoms. The normalized spacial score (nSPS) is 11.9. The Balaban J connectivity index is 1.62. The summed E-state index contributed by atoms with van der Waals surface area (Å²) in [5.41, 5.74) is 6.20. The van der Waals surface area contributed by atoms with E-state index in [1.54, 1.807) is 0 Å². The van der Waals surface area contributed by atoms with Gasteiger partial charge in [0, 0.05) is 45.6 Å². The van der Waals surface area contributed by atoms with Crippen LogP contribution in [0.5, 0.6) is 0 Å². The summed E-state index contributed by atoms with van der Waals surface area (Å²) in [5.74, 6) is 2.72. The van der Waals surface area contributed by atoms with Crippen LogP contribution in [0, 0.1) is 13.8 Å². The minimum atomic E-state index is 0.224. The Bertz CT molecular complexity index is 1460. The summed E-state index contributed by atoms with van der Waals surface area (Å²) in [6, 6.07) is 12.3. The Hall–Kier alpha value is -3.67. The first kappa shape index (κ1) is 21.2. The third kappa shape index (κ3) is 3.75. The van der Waals surface area contributed by atoms with Gasteiger partial charge in [0.2, 0.25) is 5.71 Å². The highest BCUT2D eigenvalue weighted by molar-refractivity contribution is 6.09. The van der Waals surface area contributed by atoms with Crippen molar-refractivity contribution in [3.63, 3.8) is 0 Å². The predicted molar refractivity (Wildman–Crippen MR) is 131 cm³/mol. The molecule has 0 saturated carbocycles. The zero-order valence-corrected chi connectivity index (χ0v) is 19.8. The smallest absolute Gasteiger partial charge is 0.227 e. The molecule has 0 N–H and O–H groups in total. The van der Waals surface area contributed by atoms with Crippen molar-refractivity contribution in [1.29, 1.82) is 0 Å². The molecule has 0 spiro atoms. The number of rotatable bonds is 4. The van der Waals surface area contributed by atoms with Gasteiger partial charge in [0.1, 0.15) is 17.2 Å². The van der Waals surface area contributed by atoms with Crippen molar-refractivity contribution < 1.29 is 4.42 Å². The second-order valence-corrected chi connectivity index (χ2v) is 9.16. The second kappa shape index (κ2) is 8.03. The van der Waals surface area contributed by atoms with Crippen LogP contribution in [0.15, 0.2) is 47.0 Å². The molecule has 0 fully saturated rings. The Morgan fingerprint density at radius 1 is 0.727 bits per heavy atom. The fourth-order valence-electron chi connectivity index (χ4n) is 3.96. The maximum atomic E-state index is 6.21. The van der Waals surface area contributed by atoms with E-state index in [1.165, 1.54) is 0 Å². The molecule has 0 aliphatic carbocycles. The van der Waals surface area contributed by atoms with Gasteiger partial charge >= 0.3 is 0 Å². The lowest BCUT2D eigenvalue weighted by atomic mass is 10.0. The predicted octanol–water partition coefficient (Wildman–Crippen LogP) is 6.76. The van der Waals surface area contributed by atoms with E-state index in [2.05, 4.69) is 62.8 Å². The first-order valence-electron chi connectivity index (χ1n) is 11.3. The Kier molecular flexibility index (Phi) is 5.16. The van der Waals surface area contributed by atoms with Crippen molar-refractivity contribution in [2.24, 2.45) is 0 Å². The van der Waals surface area contributed by atoms with Crippen molar-refractivity contribution in [1.82, 2.24) is 24.9 Å². The van der Waals surface area contributed by atoms with Crippen LogP contribution in [0.25, 0.3) is 44.7 Å². The molecule has 6 nitrogen and oxygen atoms in total. The first-order valence-corrected chi connectivity index (χ1v) is 11.3. The van der Waals surface area contributed by atoms with Crippen LogP contribution < -0.4 is 0 Å².